The van der Waals surface area contributed by atoms with E-state index in [0.29, 0.717) is 19.6 Å². The van der Waals surface area contributed by atoms with E-state index in [1.807, 2.05) is 20.8 Å². The van der Waals surface area contributed by atoms with Crippen LogP contribution < -0.4 is 0 Å². The minimum absolute atomic E-state index is 0.318. The Kier molecular flexibility index (Phi) is 16.9. The molecule has 0 aliphatic heterocycles. The number of hydrogen-bond donors (Lipinski definition) is 2. The third-order valence-electron chi connectivity index (χ3n) is 1.57. The first-order valence-corrected chi connectivity index (χ1v) is 6.13. The Hall–Kier alpha value is -0.160. The van der Waals surface area contributed by atoms with Gasteiger partial charge in [0, 0.05) is 13.2 Å². The van der Waals surface area contributed by atoms with Gasteiger partial charge in [0.15, 0.2) is 6.29 Å². The molecular formula is C12H28O4. The highest BCUT2D eigenvalue weighted by Gasteiger charge is 1.95. The Bertz CT molecular complexity index is 118. The quantitative estimate of drug-likeness (QED) is 0.499. The third-order valence-corrected chi connectivity index (χ3v) is 1.57. The van der Waals surface area contributed by atoms with Crippen LogP contribution in [0.3, 0.4) is 0 Å². The SMILES string of the molecule is CCCOC(O)CC.CCCOCC(C)O. The van der Waals surface area contributed by atoms with Crippen LogP contribution in [0.5, 0.6) is 0 Å². The molecule has 0 aromatic heterocycles. The van der Waals surface area contributed by atoms with Crippen LogP contribution >= 0.6 is 0 Å². The van der Waals surface area contributed by atoms with Gasteiger partial charge in [0.25, 0.3) is 0 Å². The Morgan fingerprint density at radius 1 is 1.00 bits per heavy atom. The minimum Gasteiger partial charge on any atom is -0.391 e. The van der Waals surface area contributed by atoms with E-state index in [4.69, 9.17) is 19.7 Å². The van der Waals surface area contributed by atoms with Gasteiger partial charge in [-0.3, -0.25) is 0 Å². The largest absolute Gasteiger partial charge is 0.391 e. The maximum absolute atomic E-state index is 8.77. The molecule has 0 aliphatic rings. The second-order valence-electron chi connectivity index (χ2n) is 3.66. The number of aliphatic hydroxyl groups is 2. The monoisotopic (exact) mass is 236 g/mol. The van der Waals surface area contributed by atoms with Crippen molar-refractivity contribution in [3.8, 4) is 0 Å². The van der Waals surface area contributed by atoms with Crippen molar-refractivity contribution in [2.45, 2.75) is 59.4 Å². The van der Waals surface area contributed by atoms with Gasteiger partial charge in [0.2, 0.25) is 0 Å². The van der Waals surface area contributed by atoms with Gasteiger partial charge in [-0.1, -0.05) is 20.8 Å². The molecule has 0 bridgehead atoms. The van der Waals surface area contributed by atoms with E-state index in [-0.39, 0.29) is 6.10 Å². The van der Waals surface area contributed by atoms with Gasteiger partial charge in [-0.15, -0.1) is 0 Å². The predicted octanol–water partition coefficient (Wildman–Crippen LogP) is 1.94. The minimum atomic E-state index is -0.546. The van der Waals surface area contributed by atoms with Crippen molar-refractivity contribution in [3.05, 3.63) is 0 Å². The molecule has 0 aromatic rings. The first kappa shape index (κ1) is 18.2. The maximum Gasteiger partial charge on any atom is 0.154 e. The van der Waals surface area contributed by atoms with Crippen LogP contribution in [0.25, 0.3) is 0 Å². The van der Waals surface area contributed by atoms with Crippen LogP contribution in [-0.4, -0.2) is 42.4 Å². The molecule has 0 fully saturated rings. The van der Waals surface area contributed by atoms with E-state index < -0.39 is 6.29 Å². The molecule has 0 saturated carbocycles. The highest BCUT2D eigenvalue weighted by atomic mass is 16.6. The van der Waals surface area contributed by atoms with E-state index in [2.05, 4.69) is 0 Å². The molecule has 2 atom stereocenters. The number of hydrogen-bond acceptors (Lipinski definition) is 4. The highest BCUT2D eigenvalue weighted by molar-refractivity contribution is 4.39. The van der Waals surface area contributed by atoms with Crippen molar-refractivity contribution in [2.24, 2.45) is 0 Å². The van der Waals surface area contributed by atoms with Crippen molar-refractivity contribution < 1.29 is 19.7 Å². The van der Waals surface area contributed by atoms with E-state index in [9.17, 15) is 0 Å². The third kappa shape index (κ3) is 19.4. The van der Waals surface area contributed by atoms with E-state index in [1.54, 1.807) is 6.92 Å². The highest BCUT2D eigenvalue weighted by Crippen LogP contribution is 1.92. The van der Waals surface area contributed by atoms with Gasteiger partial charge in [0.1, 0.15) is 0 Å². The molecule has 2 unspecified atom stereocenters. The van der Waals surface area contributed by atoms with Gasteiger partial charge in [-0.2, -0.15) is 0 Å². The molecule has 4 heteroatoms. The molecule has 100 valence electrons. The average Bonchev–Trinajstić information content (AvgIpc) is 2.26. The van der Waals surface area contributed by atoms with Crippen LogP contribution in [0.15, 0.2) is 0 Å². The molecule has 0 spiro atoms. The molecule has 0 heterocycles. The fraction of sp³-hybridized carbons (Fsp3) is 1.00. The molecule has 4 nitrogen and oxygen atoms in total. The molecule has 0 aromatic carbocycles. The lowest BCUT2D eigenvalue weighted by Crippen LogP contribution is -2.10. The molecule has 0 amide bonds. The summed E-state index contributed by atoms with van der Waals surface area (Å²) in [6.45, 7) is 9.55. The molecule has 0 saturated heterocycles. The number of ether oxygens (including phenoxy) is 2. The molecule has 0 aliphatic carbocycles. The summed E-state index contributed by atoms with van der Waals surface area (Å²) in [6, 6.07) is 0. The van der Waals surface area contributed by atoms with Crippen molar-refractivity contribution in [3.63, 3.8) is 0 Å². The lowest BCUT2D eigenvalue weighted by Gasteiger charge is -2.06. The van der Waals surface area contributed by atoms with E-state index in [1.165, 1.54) is 0 Å². The summed E-state index contributed by atoms with van der Waals surface area (Å²) in [5.74, 6) is 0. The zero-order chi connectivity index (χ0) is 12.8. The fourth-order valence-electron chi connectivity index (χ4n) is 0.770. The Morgan fingerprint density at radius 3 is 1.94 bits per heavy atom. The summed E-state index contributed by atoms with van der Waals surface area (Å²) in [7, 11) is 0. The van der Waals surface area contributed by atoms with Gasteiger partial charge in [0.05, 0.1) is 12.7 Å². The van der Waals surface area contributed by atoms with E-state index >= 15 is 0 Å². The van der Waals surface area contributed by atoms with Gasteiger partial charge in [-0.05, 0) is 26.2 Å². The normalized spacial score (nSPS) is 13.9. The van der Waals surface area contributed by atoms with Crippen LogP contribution in [0.4, 0.5) is 0 Å². The van der Waals surface area contributed by atoms with Crippen LogP contribution in [0.2, 0.25) is 0 Å². The van der Waals surface area contributed by atoms with Crippen LogP contribution in [0.1, 0.15) is 47.0 Å². The lowest BCUT2D eigenvalue weighted by atomic mass is 10.4. The van der Waals surface area contributed by atoms with Gasteiger partial charge in [-0.25, -0.2) is 0 Å². The number of rotatable bonds is 8. The van der Waals surface area contributed by atoms with Crippen molar-refractivity contribution >= 4 is 0 Å². The van der Waals surface area contributed by atoms with Crippen LogP contribution in [0, 0.1) is 0 Å². The summed E-state index contributed by atoms with van der Waals surface area (Å²) in [6.07, 6.45) is 1.81. The summed E-state index contributed by atoms with van der Waals surface area (Å²) >= 11 is 0. The summed E-state index contributed by atoms with van der Waals surface area (Å²) in [5.41, 5.74) is 0. The average molecular weight is 236 g/mol. The molecule has 0 rings (SSSR count). The summed E-state index contributed by atoms with van der Waals surface area (Å²) in [5, 5.41) is 17.4. The topological polar surface area (TPSA) is 58.9 Å². The predicted molar refractivity (Wildman–Crippen MR) is 65.3 cm³/mol. The molecule has 0 radical (unpaired) electrons. The maximum atomic E-state index is 8.77. The van der Waals surface area contributed by atoms with Crippen molar-refractivity contribution in [1.29, 1.82) is 0 Å². The zero-order valence-electron chi connectivity index (χ0n) is 11.1. The second kappa shape index (κ2) is 14.8. The molecule has 2 N–H and O–H groups in total. The summed E-state index contributed by atoms with van der Waals surface area (Å²) < 4.78 is 9.89. The smallest absolute Gasteiger partial charge is 0.154 e. The zero-order valence-corrected chi connectivity index (χ0v) is 11.1. The van der Waals surface area contributed by atoms with Crippen LogP contribution in [-0.2, 0) is 9.47 Å². The van der Waals surface area contributed by atoms with Gasteiger partial charge >= 0.3 is 0 Å². The first-order chi connectivity index (χ1) is 7.58. The van der Waals surface area contributed by atoms with Crippen molar-refractivity contribution in [1.82, 2.24) is 0 Å². The van der Waals surface area contributed by atoms with Crippen molar-refractivity contribution in [2.75, 3.05) is 19.8 Å². The second-order valence-corrected chi connectivity index (χ2v) is 3.66. The molecule has 16 heavy (non-hydrogen) atoms. The molecular weight excluding hydrogens is 208 g/mol. The fourth-order valence-corrected chi connectivity index (χ4v) is 0.770. The van der Waals surface area contributed by atoms with E-state index in [0.717, 1.165) is 19.4 Å². The first-order valence-electron chi connectivity index (χ1n) is 6.13. The lowest BCUT2D eigenvalue weighted by molar-refractivity contribution is -0.0996. The number of aliphatic hydroxyl groups excluding tert-OH is 2. The Balaban J connectivity index is 0. The Labute approximate surface area is 99.6 Å². The van der Waals surface area contributed by atoms with Gasteiger partial charge < -0.3 is 19.7 Å². The Morgan fingerprint density at radius 2 is 1.56 bits per heavy atom. The summed E-state index contributed by atoms with van der Waals surface area (Å²) in [4.78, 5) is 0. The standard InChI is InChI=1S/2C6H14O2/c1-3-4-8-5-6(2)7;1-3-5-8-6(7)4-2/h2*6-7H,3-5H2,1-2H3.